The lowest BCUT2D eigenvalue weighted by atomic mass is 10.0. The van der Waals surface area contributed by atoms with Crippen LogP contribution in [0.5, 0.6) is 0 Å². The summed E-state index contributed by atoms with van der Waals surface area (Å²) >= 11 is 0. The number of piperidine rings is 1. The maximum absolute atomic E-state index is 11.7. The third-order valence-corrected chi connectivity index (χ3v) is 3.40. The van der Waals surface area contributed by atoms with Crippen LogP contribution < -0.4 is 10.6 Å². The third-order valence-electron chi connectivity index (χ3n) is 3.40. The average molecular weight is 248 g/mol. The van der Waals surface area contributed by atoms with Gasteiger partial charge < -0.3 is 15.7 Å². The molecule has 2 rings (SSSR count). The molecule has 0 bridgehead atoms. The summed E-state index contributed by atoms with van der Waals surface area (Å²) in [5.74, 6) is -0.0318. The summed E-state index contributed by atoms with van der Waals surface area (Å²) in [6.07, 6.45) is 1.45. The average Bonchev–Trinajstić information content (AvgIpc) is 2.39. The Kier molecular flexibility index (Phi) is 3.99. The minimum absolute atomic E-state index is 0.0318. The van der Waals surface area contributed by atoms with Gasteiger partial charge in [0.15, 0.2) is 5.78 Å². The first-order valence-corrected chi connectivity index (χ1v) is 6.41. The molecule has 1 aromatic rings. The van der Waals surface area contributed by atoms with E-state index in [-0.39, 0.29) is 11.9 Å². The summed E-state index contributed by atoms with van der Waals surface area (Å²) in [6, 6.07) is 7.10. The molecule has 18 heavy (non-hydrogen) atoms. The van der Waals surface area contributed by atoms with E-state index in [1.54, 1.807) is 6.92 Å². The molecule has 0 radical (unpaired) electrons. The van der Waals surface area contributed by atoms with Crippen molar-refractivity contribution >= 4 is 11.5 Å². The van der Waals surface area contributed by atoms with Crippen molar-refractivity contribution in [1.82, 2.24) is 0 Å². The molecule has 1 atom stereocenters. The predicted octanol–water partition coefficient (Wildman–Crippen LogP) is 1.18. The molecule has 1 aliphatic heterocycles. The number of hydrogen-bond donors (Lipinski definition) is 2. The Labute approximate surface area is 107 Å². The SMILES string of the molecule is CC(N)C(=O)c1ccc(N2CCC(O)CC2)cc1. The van der Waals surface area contributed by atoms with Crippen LogP contribution in [0, 0.1) is 0 Å². The number of nitrogens with zero attached hydrogens (tertiary/aromatic N) is 1. The quantitative estimate of drug-likeness (QED) is 0.788. The molecule has 1 heterocycles. The van der Waals surface area contributed by atoms with E-state index >= 15 is 0 Å². The maximum Gasteiger partial charge on any atom is 0.179 e. The van der Waals surface area contributed by atoms with Gasteiger partial charge in [0, 0.05) is 24.3 Å². The van der Waals surface area contributed by atoms with Crippen LogP contribution in [0.2, 0.25) is 0 Å². The number of nitrogens with two attached hydrogens (primary N) is 1. The first-order chi connectivity index (χ1) is 8.58. The summed E-state index contributed by atoms with van der Waals surface area (Å²) in [5.41, 5.74) is 7.33. The van der Waals surface area contributed by atoms with Gasteiger partial charge in [0.05, 0.1) is 12.1 Å². The van der Waals surface area contributed by atoms with Crippen molar-refractivity contribution < 1.29 is 9.90 Å². The van der Waals surface area contributed by atoms with E-state index in [1.807, 2.05) is 24.3 Å². The Hall–Kier alpha value is -1.39. The van der Waals surface area contributed by atoms with Crippen LogP contribution in [-0.2, 0) is 0 Å². The van der Waals surface area contributed by atoms with E-state index in [2.05, 4.69) is 4.90 Å². The molecular formula is C14H20N2O2. The number of Topliss-reactive ketones (excluding diaryl/α,β-unsaturated/α-hetero) is 1. The lowest BCUT2D eigenvalue weighted by Crippen LogP contribution is -2.35. The minimum atomic E-state index is -0.457. The molecule has 0 spiro atoms. The largest absolute Gasteiger partial charge is 0.393 e. The highest BCUT2D eigenvalue weighted by molar-refractivity contribution is 5.99. The van der Waals surface area contributed by atoms with Gasteiger partial charge in [0.1, 0.15) is 0 Å². The molecule has 0 aromatic heterocycles. The molecule has 4 heteroatoms. The number of aliphatic hydroxyl groups is 1. The highest BCUT2D eigenvalue weighted by atomic mass is 16.3. The van der Waals surface area contributed by atoms with Crippen molar-refractivity contribution in [2.24, 2.45) is 5.73 Å². The van der Waals surface area contributed by atoms with Crippen LogP contribution in [0.3, 0.4) is 0 Å². The Morgan fingerprint density at radius 2 is 1.89 bits per heavy atom. The lowest BCUT2D eigenvalue weighted by Gasteiger charge is -2.31. The Morgan fingerprint density at radius 1 is 1.33 bits per heavy atom. The number of rotatable bonds is 3. The fraction of sp³-hybridized carbons (Fsp3) is 0.500. The van der Waals surface area contributed by atoms with E-state index in [1.165, 1.54) is 0 Å². The summed E-state index contributed by atoms with van der Waals surface area (Å²) in [7, 11) is 0. The number of benzene rings is 1. The summed E-state index contributed by atoms with van der Waals surface area (Å²) in [5, 5.41) is 9.47. The third kappa shape index (κ3) is 2.89. The van der Waals surface area contributed by atoms with Crippen LogP contribution in [0.4, 0.5) is 5.69 Å². The van der Waals surface area contributed by atoms with E-state index in [4.69, 9.17) is 5.73 Å². The predicted molar refractivity (Wildman–Crippen MR) is 71.9 cm³/mol. The van der Waals surface area contributed by atoms with Gasteiger partial charge in [0.25, 0.3) is 0 Å². The standard InChI is InChI=1S/C14H20N2O2/c1-10(15)14(18)11-2-4-12(5-3-11)16-8-6-13(17)7-9-16/h2-5,10,13,17H,6-9,15H2,1H3. The molecule has 1 fully saturated rings. The zero-order valence-corrected chi connectivity index (χ0v) is 10.7. The highest BCUT2D eigenvalue weighted by Crippen LogP contribution is 2.20. The second kappa shape index (κ2) is 5.50. The maximum atomic E-state index is 11.7. The first-order valence-electron chi connectivity index (χ1n) is 6.41. The highest BCUT2D eigenvalue weighted by Gasteiger charge is 2.17. The lowest BCUT2D eigenvalue weighted by molar-refractivity contribution is 0.0968. The Morgan fingerprint density at radius 3 is 2.39 bits per heavy atom. The van der Waals surface area contributed by atoms with Gasteiger partial charge in [-0.05, 0) is 44.0 Å². The fourth-order valence-electron chi connectivity index (χ4n) is 2.22. The van der Waals surface area contributed by atoms with E-state index in [9.17, 15) is 9.90 Å². The van der Waals surface area contributed by atoms with Crippen LogP contribution in [0.1, 0.15) is 30.1 Å². The van der Waals surface area contributed by atoms with E-state index in [0.29, 0.717) is 5.56 Å². The molecule has 1 saturated heterocycles. The van der Waals surface area contributed by atoms with Gasteiger partial charge >= 0.3 is 0 Å². The zero-order chi connectivity index (χ0) is 13.1. The second-order valence-electron chi connectivity index (χ2n) is 4.92. The number of ketones is 1. The van der Waals surface area contributed by atoms with Crippen LogP contribution in [0.25, 0.3) is 0 Å². The van der Waals surface area contributed by atoms with Crippen molar-refractivity contribution in [3.05, 3.63) is 29.8 Å². The normalized spacial score (nSPS) is 18.7. The van der Waals surface area contributed by atoms with Gasteiger partial charge in [-0.1, -0.05) is 0 Å². The molecule has 98 valence electrons. The van der Waals surface area contributed by atoms with Crippen molar-refractivity contribution in [3.63, 3.8) is 0 Å². The van der Waals surface area contributed by atoms with E-state index in [0.717, 1.165) is 31.6 Å². The second-order valence-corrected chi connectivity index (χ2v) is 4.92. The molecule has 1 unspecified atom stereocenters. The Balaban J connectivity index is 2.06. The molecule has 1 aliphatic rings. The summed E-state index contributed by atoms with van der Waals surface area (Å²) in [6.45, 7) is 3.42. The van der Waals surface area contributed by atoms with Gasteiger partial charge in [-0.3, -0.25) is 4.79 Å². The van der Waals surface area contributed by atoms with Gasteiger partial charge in [0.2, 0.25) is 0 Å². The van der Waals surface area contributed by atoms with Crippen LogP contribution in [-0.4, -0.2) is 36.1 Å². The molecule has 0 saturated carbocycles. The van der Waals surface area contributed by atoms with Crippen molar-refractivity contribution in [1.29, 1.82) is 0 Å². The monoisotopic (exact) mass is 248 g/mol. The van der Waals surface area contributed by atoms with Crippen molar-refractivity contribution in [2.45, 2.75) is 31.9 Å². The van der Waals surface area contributed by atoms with Gasteiger partial charge in [-0.25, -0.2) is 0 Å². The fourth-order valence-corrected chi connectivity index (χ4v) is 2.22. The number of anilines is 1. The molecule has 4 nitrogen and oxygen atoms in total. The number of aliphatic hydroxyl groups excluding tert-OH is 1. The van der Waals surface area contributed by atoms with Crippen molar-refractivity contribution in [3.8, 4) is 0 Å². The molecule has 3 N–H and O–H groups in total. The van der Waals surface area contributed by atoms with E-state index < -0.39 is 6.04 Å². The molecule has 0 amide bonds. The summed E-state index contributed by atoms with van der Waals surface area (Å²) in [4.78, 5) is 13.9. The molecule has 0 aliphatic carbocycles. The molecule has 1 aromatic carbocycles. The Bertz CT molecular complexity index is 406. The topological polar surface area (TPSA) is 66.6 Å². The smallest absolute Gasteiger partial charge is 0.179 e. The number of carbonyl (C=O) groups excluding carboxylic acids is 1. The van der Waals surface area contributed by atoms with Gasteiger partial charge in [-0.2, -0.15) is 0 Å². The van der Waals surface area contributed by atoms with Crippen LogP contribution in [0.15, 0.2) is 24.3 Å². The number of carbonyl (C=O) groups is 1. The first kappa shape index (κ1) is 13.1. The van der Waals surface area contributed by atoms with Crippen LogP contribution >= 0.6 is 0 Å². The molecular weight excluding hydrogens is 228 g/mol. The summed E-state index contributed by atoms with van der Waals surface area (Å²) < 4.78 is 0. The van der Waals surface area contributed by atoms with Gasteiger partial charge in [-0.15, -0.1) is 0 Å². The zero-order valence-electron chi connectivity index (χ0n) is 10.7. The minimum Gasteiger partial charge on any atom is -0.393 e. The van der Waals surface area contributed by atoms with Crippen molar-refractivity contribution in [2.75, 3.05) is 18.0 Å². The number of hydrogen-bond acceptors (Lipinski definition) is 4.